The molecule has 0 unspecified atom stereocenters. The number of aromatic amines is 1. The van der Waals surface area contributed by atoms with Crippen LogP contribution >= 0.6 is 11.8 Å². The highest BCUT2D eigenvalue weighted by atomic mass is 32.2. The monoisotopic (exact) mass is 354 g/mol. The number of nitro groups is 1. The van der Waals surface area contributed by atoms with E-state index in [1.807, 2.05) is 24.4 Å². The molecule has 25 heavy (non-hydrogen) atoms. The molecular weight excluding hydrogens is 336 g/mol. The molecule has 2 aromatic carbocycles. The number of anilines is 1. The second-order valence-corrected chi connectivity index (χ2v) is 7.00. The summed E-state index contributed by atoms with van der Waals surface area (Å²) >= 11 is 1.58. The van der Waals surface area contributed by atoms with E-state index >= 15 is 0 Å². The fraction of sp³-hybridized carbons (Fsp3) is 0.222. The summed E-state index contributed by atoms with van der Waals surface area (Å²) in [5.41, 5.74) is 2.11. The van der Waals surface area contributed by atoms with Crippen LogP contribution in [0.4, 0.5) is 11.4 Å². The van der Waals surface area contributed by atoms with Gasteiger partial charge in [0.2, 0.25) is 0 Å². The van der Waals surface area contributed by atoms with Gasteiger partial charge in [0.25, 0.3) is 5.69 Å². The van der Waals surface area contributed by atoms with Crippen molar-refractivity contribution in [3.63, 3.8) is 0 Å². The Bertz CT molecular complexity index is 918. The molecule has 1 aliphatic heterocycles. The molecule has 0 saturated carbocycles. The Morgan fingerprint density at radius 3 is 2.64 bits per heavy atom. The van der Waals surface area contributed by atoms with E-state index in [-0.39, 0.29) is 10.6 Å². The molecule has 1 aromatic heterocycles. The highest BCUT2D eigenvalue weighted by Crippen LogP contribution is 2.41. The van der Waals surface area contributed by atoms with E-state index in [4.69, 9.17) is 0 Å². The van der Waals surface area contributed by atoms with Gasteiger partial charge in [-0.25, -0.2) is 0 Å². The lowest BCUT2D eigenvalue weighted by atomic mass is 10.2. The molecule has 0 aliphatic carbocycles. The molecule has 0 radical (unpaired) electrons. The van der Waals surface area contributed by atoms with Crippen molar-refractivity contribution in [2.24, 2.45) is 0 Å². The first kappa shape index (κ1) is 16.0. The number of hydrogen-bond acceptors (Lipinski definition) is 5. The molecule has 6 nitrogen and oxygen atoms in total. The van der Waals surface area contributed by atoms with Crippen LogP contribution in [0.3, 0.4) is 0 Å². The quantitative estimate of drug-likeness (QED) is 0.553. The summed E-state index contributed by atoms with van der Waals surface area (Å²) in [7, 11) is 0. The standard InChI is InChI=1S/C18H18N4O2S/c23-22(24)15-6-3-4-13-18(15)17(12-20-13)25-16-7-2-1-5-14(16)21-10-8-19-9-11-21/h1-7,12,19-20H,8-11H2. The molecule has 3 aromatic rings. The van der Waals surface area contributed by atoms with Gasteiger partial charge < -0.3 is 15.2 Å². The summed E-state index contributed by atoms with van der Waals surface area (Å²) in [4.78, 5) is 18.6. The number of rotatable bonds is 4. The number of hydrogen-bond donors (Lipinski definition) is 2. The minimum atomic E-state index is -0.317. The van der Waals surface area contributed by atoms with E-state index in [9.17, 15) is 10.1 Å². The van der Waals surface area contributed by atoms with Gasteiger partial charge in [-0.15, -0.1) is 0 Å². The Balaban J connectivity index is 1.74. The number of piperazine rings is 1. The number of fused-ring (bicyclic) bond motifs is 1. The summed E-state index contributed by atoms with van der Waals surface area (Å²) in [5.74, 6) is 0. The highest BCUT2D eigenvalue weighted by Gasteiger charge is 2.20. The first-order chi connectivity index (χ1) is 12.2. The zero-order chi connectivity index (χ0) is 17.2. The lowest BCUT2D eigenvalue weighted by molar-refractivity contribution is -0.383. The van der Waals surface area contributed by atoms with Crippen LogP contribution in [0.5, 0.6) is 0 Å². The maximum absolute atomic E-state index is 11.4. The average Bonchev–Trinajstić information content (AvgIpc) is 3.06. The van der Waals surface area contributed by atoms with Gasteiger partial charge in [-0.1, -0.05) is 30.0 Å². The Hall–Kier alpha value is -2.51. The molecule has 0 spiro atoms. The zero-order valence-electron chi connectivity index (χ0n) is 13.6. The van der Waals surface area contributed by atoms with Crippen LogP contribution in [0, 0.1) is 10.1 Å². The zero-order valence-corrected chi connectivity index (χ0v) is 14.4. The third kappa shape index (κ3) is 3.08. The molecular formula is C18H18N4O2S. The predicted octanol–water partition coefficient (Wildman–Crippen LogP) is 3.64. The summed E-state index contributed by atoms with van der Waals surface area (Å²) < 4.78 is 0. The number of benzene rings is 2. The highest BCUT2D eigenvalue weighted by molar-refractivity contribution is 7.99. The Morgan fingerprint density at radius 1 is 1.04 bits per heavy atom. The van der Waals surface area contributed by atoms with Crippen molar-refractivity contribution in [2.75, 3.05) is 31.1 Å². The summed E-state index contributed by atoms with van der Waals surface area (Å²) in [6.07, 6.45) is 1.86. The van der Waals surface area contributed by atoms with Crippen LogP contribution in [0.2, 0.25) is 0 Å². The number of nitrogens with one attached hydrogen (secondary N) is 2. The Kier molecular flexibility index (Phi) is 4.33. The van der Waals surface area contributed by atoms with Crippen molar-refractivity contribution < 1.29 is 4.92 Å². The lowest BCUT2D eigenvalue weighted by Gasteiger charge is -2.30. The number of nitro benzene ring substituents is 1. The molecule has 1 saturated heterocycles. The van der Waals surface area contributed by atoms with Gasteiger partial charge >= 0.3 is 0 Å². The van der Waals surface area contributed by atoms with E-state index in [2.05, 4.69) is 27.3 Å². The largest absolute Gasteiger partial charge is 0.368 e. The molecule has 2 N–H and O–H groups in total. The molecule has 0 bridgehead atoms. The minimum Gasteiger partial charge on any atom is -0.368 e. The van der Waals surface area contributed by atoms with Gasteiger partial charge in [0.05, 0.1) is 21.5 Å². The van der Waals surface area contributed by atoms with Gasteiger partial charge in [-0.3, -0.25) is 10.1 Å². The average molecular weight is 354 g/mol. The van der Waals surface area contributed by atoms with Crippen molar-refractivity contribution >= 4 is 34.0 Å². The number of non-ortho nitro benzene ring substituents is 1. The second kappa shape index (κ2) is 6.78. The smallest absolute Gasteiger partial charge is 0.279 e. The molecule has 0 amide bonds. The Morgan fingerprint density at radius 2 is 1.84 bits per heavy atom. The molecule has 4 rings (SSSR count). The molecule has 7 heteroatoms. The van der Waals surface area contributed by atoms with Gasteiger partial charge in [-0.05, 0) is 18.2 Å². The van der Waals surface area contributed by atoms with Crippen molar-refractivity contribution in [3.8, 4) is 0 Å². The maximum Gasteiger partial charge on any atom is 0.279 e. The third-order valence-corrected chi connectivity index (χ3v) is 5.49. The van der Waals surface area contributed by atoms with Gasteiger partial charge in [-0.2, -0.15) is 0 Å². The predicted molar refractivity (Wildman–Crippen MR) is 101 cm³/mol. The number of aromatic nitrogens is 1. The maximum atomic E-state index is 11.4. The van der Waals surface area contributed by atoms with Crippen LogP contribution in [-0.2, 0) is 0 Å². The van der Waals surface area contributed by atoms with E-state index in [0.717, 1.165) is 41.5 Å². The lowest BCUT2D eigenvalue weighted by Crippen LogP contribution is -2.43. The minimum absolute atomic E-state index is 0.140. The van der Waals surface area contributed by atoms with Gasteiger partial charge in [0.15, 0.2) is 0 Å². The van der Waals surface area contributed by atoms with Crippen LogP contribution in [-0.4, -0.2) is 36.1 Å². The summed E-state index contributed by atoms with van der Waals surface area (Å²) in [6, 6.07) is 13.4. The molecule has 2 heterocycles. The first-order valence-electron chi connectivity index (χ1n) is 8.21. The van der Waals surface area contributed by atoms with Crippen LogP contribution in [0.15, 0.2) is 58.5 Å². The second-order valence-electron chi connectivity index (χ2n) is 5.92. The van der Waals surface area contributed by atoms with Gasteiger partial charge in [0.1, 0.15) is 0 Å². The number of para-hydroxylation sites is 1. The van der Waals surface area contributed by atoms with E-state index in [1.54, 1.807) is 23.9 Å². The van der Waals surface area contributed by atoms with Crippen molar-refractivity contribution in [2.45, 2.75) is 9.79 Å². The SMILES string of the molecule is O=[N+]([O-])c1cccc2[nH]cc(Sc3ccccc3N3CCNCC3)c12. The van der Waals surface area contributed by atoms with E-state index < -0.39 is 0 Å². The van der Waals surface area contributed by atoms with Gasteiger partial charge in [0, 0.05) is 48.2 Å². The van der Waals surface area contributed by atoms with Crippen LogP contribution in [0.1, 0.15) is 0 Å². The van der Waals surface area contributed by atoms with Crippen molar-refractivity contribution in [3.05, 3.63) is 58.8 Å². The molecule has 0 atom stereocenters. The Labute approximate surface area is 149 Å². The molecule has 1 aliphatic rings. The fourth-order valence-corrected chi connectivity index (χ4v) is 4.32. The fourth-order valence-electron chi connectivity index (χ4n) is 3.20. The van der Waals surface area contributed by atoms with Crippen LogP contribution in [0.25, 0.3) is 10.9 Å². The number of nitrogens with zero attached hydrogens (tertiary/aromatic N) is 2. The first-order valence-corrected chi connectivity index (χ1v) is 9.03. The molecule has 1 fully saturated rings. The molecule has 128 valence electrons. The third-order valence-electron chi connectivity index (χ3n) is 4.39. The number of H-pyrrole nitrogens is 1. The van der Waals surface area contributed by atoms with Crippen LogP contribution < -0.4 is 10.2 Å². The normalized spacial score (nSPS) is 14.8. The van der Waals surface area contributed by atoms with E-state index in [1.165, 1.54) is 5.69 Å². The topological polar surface area (TPSA) is 74.2 Å². The van der Waals surface area contributed by atoms with Crippen molar-refractivity contribution in [1.29, 1.82) is 0 Å². The van der Waals surface area contributed by atoms with E-state index in [0.29, 0.717) is 5.39 Å². The summed E-state index contributed by atoms with van der Waals surface area (Å²) in [5, 5.41) is 15.4. The summed E-state index contributed by atoms with van der Waals surface area (Å²) in [6.45, 7) is 3.87. The van der Waals surface area contributed by atoms with Crippen molar-refractivity contribution in [1.82, 2.24) is 10.3 Å².